The van der Waals surface area contributed by atoms with Crippen molar-refractivity contribution >= 4 is 11.6 Å². The Hall–Kier alpha value is -2.30. The van der Waals surface area contributed by atoms with Crippen LogP contribution in [0.3, 0.4) is 0 Å². The summed E-state index contributed by atoms with van der Waals surface area (Å²) < 4.78 is 2.36. The van der Waals surface area contributed by atoms with Crippen LogP contribution in [-0.4, -0.2) is 26.3 Å². The van der Waals surface area contributed by atoms with E-state index in [0.717, 1.165) is 47.5 Å². The molecule has 2 aromatic rings. The first-order valence-corrected chi connectivity index (χ1v) is 12.8. The largest absolute Gasteiger partial charge is 0.311 e. The van der Waals surface area contributed by atoms with E-state index < -0.39 is 0 Å². The summed E-state index contributed by atoms with van der Waals surface area (Å²) in [5.41, 5.74) is 3.42. The maximum Gasteiger partial charge on any atom is 0.141 e. The van der Waals surface area contributed by atoms with Gasteiger partial charge in [0.1, 0.15) is 23.2 Å². The third-order valence-electron chi connectivity index (χ3n) is 8.06. The van der Waals surface area contributed by atoms with Crippen molar-refractivity contribution < 1.29 is 9.59 Å². The Bertz CT molecular complexity index is 1060. The zero-order valence-corrected chi connectivity index (χ0v) is 20.5. The van der Waals surface area contributed by atoms with Crippen LogP contribution in [0.4, 0.5) is 0 Å². The third kappa shape index (κ3) is 4.56. The van der Waals surface area contributed by atoms with Crippen molar-refractivity contribution in [3.63, 3.8) is 0 Å². The Labute approximate surface area is 197 Å². The molecule has 1 heterocycles. The summed E-state index contributed by atoms with van der Waals surface area (Å²) in [4.78, 5) is 26.0. The number of aromatic nitrogens is 3. The fraction of sp³-hybridized carbons (Fsp3) is 0.643. The molecule has 33 heavy (non-hydrogen) atoms. The quantitative estimate of drug-likeness (QED) is 0.525. The summed E-state index contributed by atoms with van der Waals surface area (Å²) in [6, 6.07) is 6.71. The average Bonchev–Trinajstić information content (AvgIpc) is 3.35. The molecule has 0 aliphatic heterocycles. The van der Waals surface area contributed by atoms with Crippen LogP contribution in [-0.2, 0) is 16.0 Å². The van der Waals surface area contributed by atoms with Crippen LogP contribution in [0, 0.1) is 31.6 Å². The molecular weight excluding hydrogens is 410 g/mol. The van der Waals surface area contributed by atoms with Crippen molar-refractivity contribution in [1.29, 1.82) is 0 Å². The monoisotopic (exact) mass is 447 g/mol. The molecule has 0 bridgehead atoms. The lowest BCUT2D eigenvalue weighted by Crippen LogP contribution is -2.27. The Balaban J connectivity index is 1.37. The van der Waals surface area contributed by atoms with Crippen molar-refractivity contribution in [2.45, 2.75) is 96.9 Å². The van der Waals surface area contributed by atoms with Crippen LogP contribution in [0.5, 0.6) is 0 Å². The lowest BCUT2D eigenvalue weighted by atomic mass is 9.71. The van der Waals surface area contributed by atoms with Gasteiger partial charge in [-0.15, -0.1) is 10.2 Å². The highest BCUT2D eigenvalue weighted by Crippen LogP contribution is 2.49. The lowest BCUT2D eigenvalue weighted by Gasteiger charge is -2.36. The molecule has 0 amide bonds. The lowest BCUT2D eigenvalue weighted by molar-refractivity contribution is -0.124. The van der Waals surface area contributed by atoms with Gasteiger partial charge in [-0.2, -0.15) is 0 Å². The van der Waals surface area contributed by atoms with Gasteiger partial charge in [-0.1, -0.05) is 37.6 Å². The molecule has 5 nitrogen and oxygen atoms in total. The van der Waals surface area contributed by atoms with Gasteiger partial charge in [0.05, 0.1) is 0 Å². The zero-order chi connectivity index (χ0) is 23.3. The van der Waals surface area contributed by atoms with Crippen molar-refractivity contribution in [3.05, 3.63) is 46.5 Å². The average molecular weight is 448 g/mol. The zero-order valence-electron chi connectivity index (χ0n) is 20.5. The molecule has 0 spiro atoms. The minimum absolute atomic E-state index is 0.121. The first-order chi connectivity index (χ1) is 15.8. The molecule has 3 saturated carbocycles. The number of benzene rings is 1. The van der Waals surface area contributed by atoms with Gasteiger partial charge in [0, 0.05) is 43.1 Å². The molecule has 0 N–H and O–H groups in total. The fourth-order valence-electron chi connectivity index (χ4n) is 6.19. The van der Waals surface area contributed by atoms with Crippen molar-refractivity contribution in [3.8, 4) is 0 Å². The Morgan fingerprint density at radius 1 is 1.09 bits per heavy atom. The van der Waals surface area contributed by atoms with Gasteiger partial charge in [-0.25, -0.2) is 0 Å². The topological polar surface area (TPSA) is 64.8 Å². The summed E-state index contributed by atoms with van der Waals surface area (Å²) in [6.07, 6.45) is 7.15. The van der Waals surface area contributed by atoms with E-state index in [9.17, 15) is 9.59 Å². The fourth-order valence-corrected chi connectivity index (χ4v) is 6.19. The summed E-state index contributed by atoms with van der Waals surface area (Å²) in [7, 11) is 0. The maximum atomic E-state index is 13.4. The molecule has 5 rings (SSSR count). The molecule has 3 aliphatic carbocycles. The van der Waals surface area contributed by atoms with Crippen molar-refractivity contribution in [2.75, 3.05) is 0 Å². The van der Waals surface area contributed by atoms with Gasteiger partial charge in [0.2, 0.25) is 0 Å². The summed E-state index contributed by atoms with van der Waals surface area (Å²) in [5.74, 6) is 4.00. The van der Waals surface area contributed by atoms with E-state index in [4.69, 9.17) is 0 Å². The molecule has 1 aromatic carbocycles. The van der Waals surface area contributed by atoms with E-state index in [1.165, 1.54) is 24.8 Å². The highest BCUT2D eigenvalue weighted by atomic mass is 16.1. The third-order valence-corrected chi connectivity index (χ3v) is 8.06. The van der Waals surface area contributed by atoms with Crippen LogP contribution >= 0.6 is 0 Å². The highest BCUT2D eigenvalue weighted by Gasteiger charge is 2.45. The molecule has 3 aliphatic rings. The molecule has 176 valence electrons. The predicted molar refractivity (Wildman–Crippen MR) is 128 cm³/mol. The minimum atomic E-state index is -0.275. The maximum absolute atomic E-state index is 13.4. The number of carbonyl (C=O) groups is 2. The van der Waals surface area contributed by atoms with Gasteiger partial charge < -0.3 is 4.57 Å². The molecule has 0 saturated heterocycles. The summed E-state index contributed by atoms with van der Waals surface area (Å²) in [5, 5.41) is 9.33. The van der Waals surface area contributed by atoms with Crippen molar-refractivity contribution in [2.24, 2.45) is 17.8 Å². The highest BCUT2D eigenvalue weighted by molar-refractivity contribution is 5.93. The Kier molecular flexibility index (Phi) is 6.00. The van der Waals surface area contributed by atoms with Gasteiger partial charge >= 0.3 is 0 Å². The van der Waals surface area contributed by atoms with E-state index in [1.54, 1.807) is 0 Å². The van der Waals surface area contributed by atoms with E-state index in [-0.39, 0.29) is 23.4 Å². The number of nitrogens with zero attached hydrogens (tertiary/aromatic N) is 3. The molecule has 0 unspecified atom stereocenters. The Morgan fingerprint density at radius 3 is 2.48 bits per heavy atom. The Morgan fingerprint density at radius 2 is 1.82 bits per heavy atom. The van der Waals surface area contributed by atoms with Crippen LogP contribution in [0.25, 0.3) is 0 Å². The number of Topliss-reactive ketones (excluding diaryl/α,β-unsaturated/α-hetero) is 2. The standard InChI is InChI=1S/C28H37N3O2/c1-16(2)9-19-11-21(12-19)27-29-30-28(31(27)22-7-8-22)25-15-23(32)14-24(25)26(33)13-20-6-5-17(3)10-18(20)4/h5-6,10,16,19,21-22,24-25H,7-9,11-15H2,1-4H3/t19?,21?,24-,25-/m0/s1. The molecule has 0 radical (unpaired) electrons. The SMILES string of the molecule is Cc1ccc(CC(=O)[C@H]2CC(=O)C[C@@H]2c2nnc(C3CC(CC(C)C)C3)n2C2CC2)c(C)c1. The van der Waals surface area contributed by atoms with E-state index in [2.05, 4.69) is 60.7 Å². The van der Waals surface area contributed by atoms with E-state index >= 15 is 0 Å². The number of ketones is 2. The van der Waals surface area contributed by atoms with Crippen molar-refractivity contribution in [1.82, 2.24) is 14.8 Å². The second kappa shape index (κ2) is 8.81. The van der Waals surface area contributed by atoms with E-state index in [0.29, 0.717) is 31.2 Å². The second-order valence-corrected chi connectivity index (χ2v) is 11.4. The van der Waals surface area contributed by atoms with E-state index in [1.807, 2.05) is 0 Å². The smallest absolute Gasteiger partial charge is 0.141 e. The second-order valence-electron chi connectivity index (χ2n) is 11.4. The normalized spacial score (nSPS) is 27.2. The van der Waals surface area contributed by atoms with Crippen LogP contribution in [0.1, 0.15) is 105 Å². The molecule has 2 atom stereocenters. The molecule has 5 heteroatoms. The van der Waals surface area contributed by atoms with Gasteiger partial charge in [-0.3, -0.25) is 9.59 Å². The van der Waals surface area contributed by atoms with Crippen LogP contribution in [0.2, 0.25) is 0 Å². The van der Waals surface area contributed by atoms with Gasteiger partial charge in [0.15, 0.2) is 0 Å². The molecule has 1 aromatic heterocycles. The predicted octanol–water partition coefficient (Wildman–Crippen LogP) is 5.64. The summed E-state index contributed by atoms with van der Waals surface area (Å²) >= 11 is 0. The van der Waals surface area contributed by atoms with Gasteiger partial charge in [-0.05, 0) is 68.9 Å². The number of aryl methyl sites for hydroxylation is 2. The first-order valence-electron chi connectivity index (χ1n) is 12.8. The van der Waals surface area contributed by atoms with Gasteiger partial charge in [0.25, 0.3) is 0 Å². The first kappa shape index (κ1) is 22.5. The minimum Gasteiger partial charge on any atom is -0.311 e. The number of carbonyl (C=O) groups excluding carboxylic acids is 2. The molecular formula is C28H37N3O2. The number of hydrogen-bond donors (Lipinski definition) is 0. The van der Waals surface area contributed by atoms with Crippen LogP contribution in [0.15, 0.2) is 18.2 Å². The summed E-state index contributed by atoms with van der Waals surface area (Å²) in [6.45, 7) is 8.72. The molecule has 3 fully saturated rings. The number of hydrogen-bond acceptors (Lipinski definition) is 4. The van der Waals surface area contributed by atoms with Crippen LogP contribution < -0.4 is 0 Å². The number of rotatable bonds is 8.